The zero-order valence-electron chi connectivity index (χ0n) is 7.66. The Hall–Kier alpha value is 0.390. The van der Waals surface area contributed by atoms with Gasteiger partial charge < -0.3 is 16.7 Å². The molecule has 0 aliphatic heterocycles. The predicted octanol–water partition coefficient (Wildman–Crippen LogP) is -3.29. The van der Waals surface area contributed by atoms with Crippen molar-refractivity contribution in [1.82, 2.24) is 0 Å². The molecule has 11 heavy (non-hydrogen) atoms. The summed E-state index contributed by atoms with van der Waals surface area (Å²) in [5.41, 5.74) is 0. The summed E-state index contributed by atoms with van der Waals surface area (Å²) >= 11 is 0. The van der Waals surface area contributed by atoms with Crippen molar-refractivity contribution >= 4 is 5.97 Å². The molecule has 0 amide bonds. The summed E-state index contributed by atoms with van der Waals surface area (Å²) in [5.74, 6) is -1.20. The number of aliphatic carboxylic acids is 1. The first-order valence-corrected chi connectivity index (χ1v) is 3.20. The van der Waals surface area contributed by atoms with E-state index in [1.54, 1.807) is 0 Å². The van der Waals surface area contributed by atoms with E-state index in [9.17, 15) is 4.79 Å². The maximum absolute atomic E-state index is 9.98. The van der Waals surface area contributed by atoms with Crippen molar-refractivity contribution in [1.29, 1.82) is 0 Å². The van der Waals surface area contributed by atoms with Crippen molar-refractivity contribution in [2.75, 3.05) is 6.61 Å². The Morgan fingerprint density at radius 3 is 2.36 bits per heavy atom. The van der Waals surface area contributed by atoms with Crippen LogP contribution < -0.4 is 29.6 Å². The third-order valence-corrected chi connectivity index (χ3v) is 1.17. The van der Waals surface area contributed by atoms with Crippen LogP contribution in [0.15, 0.2) is 0 Å². The summed E-state index contributed by atoms with van der Waals surface area (Å²) in [5, 5.41) is 25.1. The van der Waals surface area contributed by atoms with Crippen LogP contribution in [-0.2, 0) is 4.79 Å². The van der Waals surface area contributed by atoms with Crippen molar-refractivity contribution in [2.24, 2.45) is 0 Å². The minimum Gasteiger partial charge on any atom is -1.00 e. The number of carboxylic acids is 1. The zero-order chi connectivity index (χ0) is 7.98. The summed E-state index contributed by atoms with van der Waals surface area (Å²) in [6.45, 7) is 0.0480. The van der Waals surface area contributed by atoms with Gasteiger partial charge in [-0.1, -0.05) is 0 Å². The van der Waals surface area contributed by atoms with Gasteiger partial charge in [-0.3, -0.25) is 0 Å². The van der Waals surface area contributed by atoms with Gasteiger partial charge in [0, 0.05) is 6.61 Å². The Bertz CT molecular complexity index is 112. The Kier molecular flexibility index (Phi) is 10.8. The minimum absolute atomic E-state index is 0. The van der Waals surface area contributed by atoms with Crippen LogP contribution in [0.2, 0.25) is 0 Å². The van der Waals surface area contributed by atoms with Crippen molar-refractivity contribution in [2.45, 2.75) is 25.4 Å². The standard InChI is InChI=1S/C6H12O4.Na.H/c7-4-2-1-3-5(8)6(9)10;;/h5,7-8H,1-4H2,(H,9,10);;/q;+1;-1. The Morgan fingerprint density at radius 1 is 1.45 bits per heavy atom. The minimum atomic E-state index is -1.27. The van der Waals surface area contributed by atoms with E-state index < -0.39 is 12.1 Å². The number of aliphatic hydroxyl groups excluding tert-OH is 2. The van der Waals surface area contributed by atoms with Crippen LogP contribution in [0.25, 0.3) is 0 Å². The molecule has 5 heteroatoms. The van der Waals surface area contributed by atoms with Crippen LogP contribution in [0.5, 0.6) is 0 Å². The van der Waals surface area contributed by atoms with Crippen LogP contribution >= 0.6 is 0 Å². The molecule has 1 atom stereocenters. The summed E-state index contributed by atoms with van der Waals surface area (Å²) < 4.78 is 0. The van der Waals surface area contributed by atoms with E-state index in [0.29, 0.717) is 12.8 Å². The Morgan fingerprint density at radius 2 is 2.00 bits per heavy atom. The van der Waals surface area contributed by atoms with E-state index in [1.807, 2.05) is 0 Å². The normalized spacial score (nSPS) is 11.8. The second-order valence-electron chi connectivity index (χ2n) is 2.07. The monoisotopic (exact) mass is 172 g/mol. The Labute approximate surface area is 89.0 Å². The SMILES string of the molecule is O=C(O)C(O)CCCCO.[H-].[Na+]. The molecule has 0 bridgehead atoms. The summed E-state index contributed by atoms with van der Waals surface area (Å²) in [6, 6.07) is 0. The topological polar surface area (TPSA) is 77.8 Å². The third kappa shape index (κ3) is 8.29. The van der Waals surface area contributed by atoms with Crippen molar-refractivity contribution in [3.63, 3.8) is 0 Å². The van der Waals surface area contributed by atoms with E-state index in [2.05, 4.69) is 0 Å². The third-order valence-electron chi connectivity index (χ3n) is 1.17. The number of unbranched alkanes of at least 4 members (excludes halogenated alkanes) is 1. The predicted molar refractivity (Wildman–Crippen MR) is 35.7 cm³/mol. The fourth-order valence-electron chi connectivity index (χ4n) is 0.573. The number of rotatable bonds is 5. The number of carboxylic acid groups (broad SMARTS) is 1. The molecule has 0 aromatic heterocycles. The maximum atomic E-state index is 9.98. The van der Waals surface area contributed by atoms with Gasteiger partial charge in [0.05, 0.1) is 0 Å². The number of hydrogen-bond donors (Lipinski definition) is 3. The second-order valence-corrected chi connectivity index (χ2v) is 2.07. The summed E-state index contributed by atoms with van der Waals surface area (Å²) in [7, 11) is 0. The molecule has 0 aliphatic carbocycles. The fraction of sp³-hybridized carbons (Fsp3) is 0.833. The first-order valence-electron chi connectivity index (χ1n) is 3.20. The molecule has 0 aromatic carbocycles. The van der Waals surface area contributed by atoms with E-state index in [1.165, 1.54) is 0 Å². The van der Waals surface area contributed by atoms with Gasteiger partial charge in [-0.25, -0.2) is 4.79 Å². The molecule has 0 saturated carbocycles. The average molecular weight is 172 g/mol. The van der Waals surface area contributed by atoms with Crippen molar-refractivity contribution in [3.05, 3.63) is 0 Å². The zero-order valence-corrected chi connectivity index (χ0v) is 8.66. The average Bonchev–Trinajstić information content (AvgIpc) is 1.88. The first kappa shape index (κ1) is 13.9. The van der Waals surface area contributed by atoms with Gasteiger partial charge in [0.2, 0.25) is 0 Å². The van der Waals surface area contributed by atoms with Crippen molar-refractivity contribution in [3.8, 4) is 0 Å². The molecule has 0 radical (unpaired) electrons. The van der Waals surface area contributed by atoms with Gasteiger partial charge in [-0.2, -0.15) is 0 Å². The summed E-state index contributed by atoms with van der Waals surface area (Å²) in [4.78, 5) is 9.98. The van der Waals surface area contributed by atoms with Gasteiger partial charge in [-0.15, -0.1) is 0 Å². The quantitative estimate of drug-likeness (QED) is 0.300. The van der Waals surface area contributed by atoms with E-state index in [4.69, 9.17) is 15.3 Å². The molecule has 0 rings (SSSR count). The molecule has 1 unspecified atom stereocenters. The molecule has 0 saturated heterocycles. The molecule has 0 heterocycles. The molecular weight excluding hydrogens is 159 g/mol. The van der Waals surface area contributed by atoms with Crippen LogP contribution in [0.4, 0.5) is 0 Å². The molecule has 0 aromatic rings. The van der Waals surface area contributed by atoms with Gasteiger partial charge in [0.15, 0.2) is 6.10 Å². The van der Waals surface area contributed by atoms with Gasteiger partial charge in [-0.05, 0) is 19.3 Å². The molecule has 4 nitrogen and oxygen atoms in total. The van der Waals surface area contributed by atoms with Crippen LogP contribution in [0, 0.1) is 0 Å². The van der Waals surface area contributed by atoms with Crippen LogP contribution in [0.1, 0.15) is 20.7 Å². The smallest absolute Gasteiger partial charge is 1.00 e. The Balaban J connectivity index is -0.000000405. The van der Waals surface area contributed by atoms with E-state index in [-0.39, 0.29) is 44.0 Å². The van der Waals surface area contributed by atoms with E-state index in [0.717, 1.165) is 0 Å². The molecule has 0 aliphatic rings. The largest absolute Gasteiger partial charge is 1.00 e. The van der Waals surface area contributed by atoms with Gasteiger partial charge >= 0.3 is 35.5 Å². The molecule has 0 spiro atoms. The van der Waals surface area contributed by atoms with Gasteiger partial charge in [0.25, 0.3) is 0 Å². The van der Waals surface area contributed by atoms with Gasteiger partial charge in [0.1, 0.15) is 0 Å². The van der Waals surface area contributed by atoms with Crippen LogP contribution in [-0.4, -0.2) is 34.0 Å². The maximum Gasteiger partial charge on any atom is 1.00 e. The summed E-state index contributed by atoms with van der Waals surface area (Å²) in [6.07, 6.45) is 0.0380. The van der Waals surface area contributed by atoms with E-state index >= 15 is 0 Å². The van der Waals surface area contributed by atoms with Crippen LogP contribution in [0.3, 0.4) is 0 Å². The number of aliphatic hydroxyl groups is 2. The molecule has 62 valence electrons. The molecular formula is C6H13NaO4. The second kappa shape index (κ2) is 8.49. The van der Waals surface area contributed by atoms with Crippen molar-refractivity contribution < 1.29 is 51.1 Å². The number of hydrogen-bond acceptors (Lipinski definition) is 3. The molecule has 3 N–H and O–H groups in total. The fourth-order valence-corrected chi connectivity index (χ4v) is 0.573. The molecule has 0 fully saturated rings. The number of carbonyl (C=O) groups is 1. The first-order chi connectivity index (χ1) is 4.68.